The summed E-state index contributed by atoms with van der Waals surface area (Å²) in [4.78, 5) is 12.1. The van der Waals surface area contributed by atoms with Crippen molar-refractivity contribution in [1.29, 1.82) is 0 Å². The Morgan fingerprint density at radius 1 is 1.14 bits per heavy atom. The van der Waals surface area contributed by atoms with Crippen molar-refractivity contribution in [3.05, 3.63) is 28.7 Å². The first-order valence-corrected chi connectivity index (χ1v) is 8.77. The van der Waals surface area contributed by atoms with Gasteiger partial charge in [0.1, 0.15) is 0 Å². The van der Waals surface area contributed by atoms with Crippen LogP contribution in [0.3, 0.4) is 0 Å². The maximum atomic E-state index is 12.5. The van der Waals surface area contributed by atoms with E-state index < -0.39 is 10.0 Å². The van der Waals surface area contributed by atoms with E-state index in [0.29, 0.717) is 11.0 Å². The first-order valence-electron chi connectivity index (χ1n) is 7.28. The number of rotatable bonds is 3. The van der Waals surface area contributed by atoms with E-state index in [9.17, 15) is 13.2 Å². The maximum Gasteiger partial charge on any atom is 0.328 e. The number of aromatic nitrogens is 2. The maximum absolute atomic E-state index is 12.5. The largest absolute Gasteiger partial charge is 0.328 e. The van der Waals surface area contributed by atoms with Gasteiger partial charge in [-0.3, -0.25) is 9.13 Å². The average molecular weight is 324 g/mol. The molecule has 1 aromatic heterocycles. The Labute approximate surface area is 129 Å². The molecular weight excluding hydrogens is 304 g/mol. The number of piperidine rings is 1. The van der Waals surface area contributed by atoms with E-state index in [2.05, 4.69) is 10.0 Å². The highest BCUT2D eigenvalue weighted by atomic mass is 32.2. The summed E-state index contributed by atoms with van der Waals surface area (Å²) >= 11 is 0. The summed E-state index contributed by atoms with van der Waals surface area (Å²) in [5.74, 6) is 0. The molecule has 7 nitrogen and oxygen atoms in total. The van der Waals surface area contributed by atoms with E-state index in [4.69, 9.17) is 0 Å². The van der Waals surface area contributed by atoms with Crippen LogP contribution in [0.4, 0.5) is 0 Å². The summed E-state index contributed by atoms with van der Waals surface area (Å²) < 4.78 is 30.8. The van der Waals surface area contributed by atoms with Gasteiger partial charge in [-0.15, -0.1) is 0 Å². The Bertz CT molecular complexity index is 860. The van der Waals surface area contributed by atoms with Crippen LogP contribution in [-0.2, 0) is 24.1 Å². The van der Waals surface area contributed by atoms with Crippen LogP contribution in [0.5, 0.6) is 0 Å². The number of nitrogens with zero attached hydrogens (tertiary/aromatic N) is 2. The van der Waals surface area contributed by atoms with Crippen LogP contribution in [0.15, 0.2) is 27.9 Å². The van der Waals surface area contributed by atoms with E-state index in [1.165, 1.54) is 9.13 Å². The molecule has 22 heavy (non-hydrogen) atoms. The van der Waals surface area contributed by atoms with Crippen molar-refractivity contribution in [2.75, 3.05) is 13.1 Å². The summed E-state index contributed by atoms with van der Waals surface area (Å²) in [5.41, 5.74) is 1.16. The van der Waals surface area contributed by atoms with Crippen molar-refractivity contribution < 1.29 is 8.42 Å². The highest BCUT2D eigenvalue weighted by molar-refractivity contribution is 7.89. The molecule has 120 valence electrons. The van der Waals surface area contributed by atoms with Crippen LogP contribution < -0.4 is 15.7 Å². The summed E-state index contributed by atoms with van der Waals surface area (Å²) in [6.07, 6.45) is 1.57. The second-order valence-electron chi connectivity index (χ2n) is 5.70. The Kier molecular flexibility index (Phi) is 3.84. The van der Waals surface area contributed by atoms with Gasteiger partial charge in [-0.1, -0.05) is 0 Å². The molecule has 0 spiro atoms. The van der Waals surface area contributed by atoms with Crippen molar-refractivity contribution >= 4 is 21.1 Å². The number of benzene rings is 1. The molecule has 2 aromatic rings. The SMILES string of the molecule is Cn1c(=O)n(C)c2cc(S(=O)(=O)NC3CCNCC3)ccc21. The topological polar surface area (TPSA) is 85.1 Å². The van der Waals surface area contributed by atoms with E-state index in [0.717, 1.165) is 25.9 Å². The molecular formula is C14H20N4O3S. The molecule has 0 saturated carbocycles. The molecule has 1 aromatic carbocycles. The standard InChI is InChI=1S/C14H20N4O3S/c1-17-12-4-3-11(9-13(12)18(2)14(17)19)22(20,21)16-10-5-7-15-8-6-10/h3-4,9-10,15-16H,5-8H2,1-2H3. The Morgan fingerprint density at radius 3 is 2.45 bits per heavy atom. The molecule has 1 aliphatic heterocycles. The molecule has 0 amide bonds. The lowest BCUT2D eigenvalue weighted by Gasteiger charge is -2.23. The molecule has 2 heterocycles. The molecule has 0 atom stereocenters. The zero-order valence-electron chi connectivity index (χ0n) is 12.7. The number of aryl methyl sites for hydroxylation is 2. The van der Waals surface area contributed by atoms with Crippen molar-refractivity contribution in [3.8, 4) is 0 Å². The smallest absolute Gasteiger partial charge is 0.317 e. The van der Waals surface area contributed by atoms with Crippen LogP contribution in [0.25, 0.3) is 11.0 Å². The van der Waals surface area contributed by atoms with E-state index in [-0.39, 0.29) is 16.6 Å². The minimum absolute atomic E-state index is 0.0402. The van der Waals surface area contributed by atoms with Gasteiger partial charge in [0.15, 0.2) is 0 Å². The summed E-state index contributed by atoms with van der Waals surface area (Å²) in [5, 5.41) is 3.21. The van der Waals surface area contributed by atoms with Crippen LogP contribution in [-0.4, -0.2) is 36.7 Å². The van der Waals surface area contributed by atoms with Gasteiger partial charge < -0.3 is 5.32 Å². The van der Waals surface area contributed by atoms with Gasteiger partial charge in [-0.2, -0.15) is 0 Å². The third-order valence-electron chi connectivity index (χ3n) is 4.21. The molecule has 0 aliphatic carbocycles. The van der Waals surface area contributed by atoms with Crippen LogP contribution in [0.1, 0.15) is 12.8 Å². The molecule has 8 heteroatoms. The van der Waals surface area contributed by atoms with E-state index in [1.807, 2.05) is 0 Å². The van der Waals surface area contributed by atoms with Crippen molar-refractivity contribution in [2.24, 2.45) is 14.1 Å². The highest BCUT2D eigenvalue weighted by Crippen LogP contribution is 2.18. The van der Waals surface area contributed by atoms with E-state index in [1.54, 1.807) is 32.3 Å². The minimum Gasteiger partial charge on any atom is -0.317 e. The Morgan fingerprint density at radius 2 is 1.77 bits per heavy atom. The average Bonchev–Trinajstić information content (AvgIpc) is 2.72. The van der Waals surface area contributed by atoms with Crippen LogP contribution in [0.2, 0.25) is 0 Å². The van der Waals surface area contributed by atoms with Gasteiger partial charge in [-0.25, -0.2) is 17.9 Å². The number of fused-ring (bicyclic) bond motifs is 1. The van der Waals surface area contributed by atoms with Crippen LogP contribution >= 0.6 is 0 Å². The molecule has 1 saturated heterocycles. The first-order chi connectivity index (χ1) is 10.4. The number of sulfonamides is 1. The summed E-state index contributed by atoms with van der Waals surface area (Å²) in [7, 11) is -0.261. The molecule has 2 N–H and O–H groups in total. The van der Waals surface area contributed by atoms with Gasteiger partial charge in [-0.05, 0) is 44.1 Å². The van der Waals surface area contributed by atoms with Crippen LogP contribution in [0, 0.1) is 0 Å². The number of imidazole rings is 1. The second kappa shape index (κ2) is 5.53. The fraction of sp³-hybridized carbons (Fsp3) is 0.500. The second-order valence-corrected chi connectivity index (χ2v) is 7.41. The monoisotopic (exact) mass is 324 g/mol. The van der Waals surface area contributed by atoms with Gasteiger partial charge in [0.05, 0.1) is 15.9 Å². The van der Waals surface area contributed by atoms with Gasteiger partial charge in [0.25, 0.3) is 0 Å². The quantitative estimate of drug-likeness (QED) is 0.826. The van der Waals surface area contributed by atoms with E-state index >= 15 is 0 Å². The Hall–Kier alpha value is -1.64. The molecule has 0 unspecified atom stereocenters. The number of nitrogens with one attached hydrogen (secondary N) is 2. The predicted octanol–water partition coefficient (Wildman–Crippen LogP) is -0.0927. The molecule has 1 fully saturated rings. The number of hydrogen-bond donors (Lipinski definition) is 2. The zero-order valence-corrected chi connectivity index (χ0v) is 13.5. The highest BCUT2D eigenvalue weighted by Gasteiger charge is 2.22. The first kappa shape index (κ1) is 15.3. The third kappa shape index (κ3) is 2.57. The molecule has 3 rings (SSSR count). The minimum atomic E-state index is -3.57. The fourth-order valence-corrected chi connectivity index (χ4v) is 4.21. The lowest BCUT2D eigenvalue weighted by Crippen LogP contribution is -2.42. The lowest BCUT2D eigenvalue weighted by molar-refractivity contribution is 0.427. The molecule has 0 radical (unpaired) electrons. The fourth-order valence-electron chi connectivity index (χ4n) is 2.88. The molecule has 0 bridgehead atoms. The predicted molar refractivity (Wildman–Crippen MR) is 84.4 cm³/mol. The van der Waals surface area contributed by atoms with Gasteiger partial charge in [0, 0.05) is 20.1 Å². The third-order valence-corrected chi connectivity index (χ3v) is 5.73. The Balaban J connectivity index is 1.98. The van der Waals surface area contributed by atoms with Gasteiger partial charge >= 0.3 is 5.69 Å². The van der Waals surface area contributed by atoms with Gasteiger partial charge in [0.2, 0.25) is 10.0 Å². The van der Waals surface area contributed by atoms with Crippen molar-refractivity contribution in [2.45, 2.75) is 23.8 Å². The lowest BCUT2D eigenvalue weighted by atomic mass is 10.1. The number of hydrogen-bond acceptors (Lipinski definition) is 4. The summed E-state index contributed by atoms with van der Waals surface area (Å²) in [6.45, 7) is 1.64. The summed E-state index contributed by atoms with van der Waals surface area (Å²) in [6, 6.07) is 4.74. The zero-order chi connectivity index (χ0) is 15.9. The van der Waals surface area contributed by atoms with Crippen molar-refractivity contribution in [1.82, 2.24) is 19.2 Å². The molecule has 1 aliphatic rings. The van der Waals surface area contributed by atoms with Crippen molar-refractivity contribution in [3.63, 3.8) is 0 Å². The normalized spacial score (nSPS) is 17.2.